The van der Waals surface area contributed by atoms with Crippen LogP contribution in [0.15, 0.2) is 34.7 Å². The minimum atomic E-state index is -0.548. The van der Waals surface area contributed by atoms with Gasteiger partial charge in [-0.2, -0.15) is 0 Å². The van der Waals surface area contributed by atoms with Crippen LogP contribution >= 0.6 is 22.9 Å². The number of anilines is 1. The molecule has 1 aromatic carbocycles. The molecular weight excluding hydrogens is 496 g/mol. The first-order valence-corrected chi connectivity index (χ1v) is 12.3. The number of ether oxygens (including phenoxy) is 2. The minimum absolute atomic E-state index is 0.0352. The molecule has 0 unspecified atom stereocenters. The van der Waals surface area contributed by atoms with Crippen LogP contribution < -0.4 is 10.1 Å². The van der Waals surface area contributed by atoms with E-state index in [1.807, 2.05) is 6.92 Å². The molecule has 11 heteroatoms. The molecule has 1 aliphatic carbocycles. The lowest BCUT2D eigenvalue weighted by Crippen LogP contribution is -2.15. The highest BCUT2D eigenvalue weighted by molar-refractivity contribution is 7.17. The number of nitro groups is 1. The molecule has 2 heterocycles. The van der Waals surface area contributed by atoms with Crippen molar-refractivity contribution in [2.24, 2.45) is 0 Å². The van der Waals surface area contributed by atoms with E-state index in [1.54, 1.807) is 6.07 Å². The number of nitrogens with one attached hydrogen (secondary N) is 1. The molecule has 0 atom stereocenters. The van der Waals surface area contributed by atoms with Gasteiger partial charge in [0.15, 0.2) is 5.76 Å². The summed E-state index contributed by atoms with van der Waals surface area (Å²) in [5.74, 6) is -0.446. The lowest BCUT2D eigenvalue weighted by Gasteiger charge is -2.12. The third kappa shape index (κ3) is 5.66. The number of fused-ring (bicyclic) bond motifs is 1. The Morgan fingerprint density at radius 1 is 1.23 bits per heavy atom. The van der Waals surface area contributed by atoms with E-state index in [1.165, 1.54) is 35.6 Å². The fourth-order valence-corrected chi connectivity index (χ4v) is 5.19. The van der Waals surface area contributed by atoms with Crippen molar-refractivity contribution in [2.45, 2.75) is 45.6 Å². The lowest BCUT2D eigenvalue weighted by molar-refractivity contribution is -0.384. The maximum absolute atomic E-state index is 12.9. The van der Waals surface area contributed by atoms with Gasteiger partial charge in [-0.15, -0.1) is 11.3 Å². The number of amides is 1. The summed E-state index contributed by atoms with van der Waals surface area (Å²) in [6.07, 6.45) is 4.38. The van der Waals surface area contributed by atoms with Crippen LogP contribution in [-0.4, -0.2) is 23.4 Å². The van der Waals surface area contributed by atoms with Gasteiger partial charge in [-0.3, -0.25) is 14.9 Å². The Balaban J connectivity index is 1.47. The molecule has 0 fully saturated rings. The Bertz CT molecular complexity index is 1270. The molecule has 1 amide bonds. The van der Waals surface area contributed by atoms with Gasteiger partial charge in [-0.05, 0) is 55.9 Å². The molecule has 0 radical (unpaired) electrons. The molecule has 3 aromatic rings. The number of hydrogen-bond donors (Lipinski definition) is 1. The van der Waals surface area contributed by atoms with Crippen molar-refractivity contribution in [3.8, 4) is 5.75 Å². The highest BCUT2D eigenvalue weighted by Crippen LogP contribution is 2.39. The summed E-state index contributed by atoms with van der Waals surface area (Å²) in [5.41, 5.74) is 1.23. The number of furan rings is 1. The van der Waals surface area contributed by atoms with Gasteiger partial charge >= 0.3 is 5.97 Å². The zero-order chi connectivity index (χ0) is 24.9. The van der Waals surface area contributed by atoms with E-state index >= 15 is 0 Å². The standard InChI is InChI=1S/C24H23ClN2O7S/c1-2-11-32-24(29)21-16-5-3-4-6-20(16)35-23(21)26-22(28)18-10-8-15(34-18)13-33-19-12-14(27(30)31)7-9-17(19)25/h7-10,12H,2-6,11,13H2,1H3,(H,26,28). The number of esters is 1. The molecule has 2 aromatic heterocycles. The predicted octanol–water partition coefficient (Wildman–Crippen LogP) is 6.18. The van der Waals surface area contributed by atoms with Crippen LogP contribution in [0.3, 0.4) is 0 Å². The number of rotatable bonds is 9. The van der Waals surface area contributed by atoms with E-state index < -0.39 is 16.8 Å². The van der Waals surface area contributed by atoms with Gasteiger partial charge in [-0.25, -0.2) is 4.79 Å². The first kappa shape index (κ1) is 24.7. The van der Waals surface area contributed by atoms with Crippen molar-refractivity contribution in [1.82, 2.24) is 0 Å². The topological polar surface area (TPSA) is 121 Å². The molecule has 9 nitrogen and oxygen atoms in total. The maximum Gasteiger partial charge on any atom is 0.341 e. The Morgan fingerprint density at radius 2 is 2.03 bits per heavy atom. The Kier molecular flexibility index (Phi) is 7.72. The molecule has 0 spiro atoms. The highest BCUT2D eigenvalue weighted by atomic mass is 35.5. The van der Waals surface area contributed by atoms with Crippen LogP contribution in [0.4, 0.5) is 10.7 Å². The van der Waals surface area contributed by atoms with Crippen molar-refractivity contribution in [1.29, 1.82) is 0 Å². The molecule has 1 aliphatic rings. The second-order valence-corrected chi connectivity index (χ2v) is 9.44. The van der Waals surface area contributed by atoms with Crippen LogP contribution in [0.2, 0.25) is 5.02 Å². The van der Waals surface area contributed by atoms with Crippen molar-refractivity contribution < 1.29 is 28.4 Å². The van der Waals surface area contributed by atoms with E-state index in [4.69, 9.17) is 25.5 Å². The molecule has 0 saturated heterocycles. The third-order valence-electron chi connectivity index (χ3n) is 5.42. The van der Waals surface area contributed by atoms with Crippen molar-refractivity contribution in [2.75, 3.05) is 11.9 Å². The van der Waals surface area contributed by atoms with Crippen LogP contribution in [0.5, 0.6) is 5.75 Å². The first-order valence-electron chi connectivity index (χ1n) is 11.2. The van der Waals surface area contributed by atoms with Crippen LogP contribution in [0.1, 0.15) is 63.3 Å². The molecule has 35 heavy (non-hydrogen) atoms. The summed E-state index contributed by atoms with van der Waals surface area (Å²) in [6, 6.07) is 6.93. The summed E-state index contributed by atoms with van der Waals surface area (Å²) in [6.45, 7) is 2.15. The van der Waals surface area contributed by atoms with Crippen LogP contribution in [-0.2, 0) is 24.2 Å². The summed E-state index contributed by atoms with van der Waals surface area (Å²) >= 11 is 7.45. The summed E-state index contributed by atoms with van der Waals surface area (Å²) < 4.78 is 16.5. The molecule has 0 bridgehead atoms. The zero-order valence-corrected chi connectivity index (χ0v) is 20.5. The monoisotopic (exact) mass is 518 g/mol. The first-order chi connectivity index (χ1) is 16.9. The molecular formula is C24H23ClN2O7S. The number of benzene rings is 1. The number of thiophene rings is 1. The summed E-state index contributed by atoms with van der Waals surface area (Å²) in [5, 5.41) is 14.4. The Morgan fingerprint density at radius 3 is 2.80 bits per heavy atom. The number of nitrogens with zero attached hydrogens (tertiary/aromatic N) is 1. The fraction of sp³-hybridized carbons (Fsp3) is 0.333. The summed E-state index contributed by atoms with van der Waals surface area (Å²) in [4.78, 5) is 37.1. The highest BCUT2D eigenvalue weighted by Gasteiger charge is 2.28. The van der Waals surface area contributed by atoms with E-state index in [0.29, 0.717) is 29.4 Å². The van der Waals surface area contributed by atoms with E-state index in [9.17, 15) is 19.7 Å². The lowest BCUT2D eigenvalue weighted by atomic mass is 9.95. The quantitative estimate of drug-likeness (QED) is 0.204. The average Bonchev–Trinajstić information content (AvgIpc) is 3.46. The largest absolute Gasteiger partial charge is 0.484 e. The molecule has 1 N–H and O–H groups in total. The number of hydrogen-bond acceptors (Lipinski definition) is 8. The SMILES string of the molecule is CCCOC(=O)c1c(NC(=O)c2ccc(COc3cc([N+](=O)[O-])ccc3Cl)o2)sc2c1CCCC2. The van der Waals surface area contributed by atoms with E-state index in [2.05, 4.69) is 5.32 Å². The van der Waals surface area contributed by atoms with Crippen molar-refractivity contribution in [3.63, 3.8) is 0 Å². The Labute approximate surface area is 210 Å². The van der Waals surface area contributed by atoms with Gasteiger partial charge in [-0.1, -0.05) is 18.5 Å². The predicted molar refractivity (Wildman–Crippen MR) is 131 cm³/mol. The average molecular weight is 519 g/mol. The maximum atomic E-state index is 12.9. The number of carbonyl (C=O) groups excluding carboxylic acids is 2. The second-order valence-electron chi connectivity index (χ2n) is 7.93. The molecule has 0 aliphatic heterocycles. The Hall–Kier alpha value is -3.37. The van der Waals surface area contributed by atoms with Gasteiger partial charge < -0.3 is 19.2 Å². The molecule has 4 rings (SSSR count). The van der Waals surface area contributed by atoms with Crippen molar-refractivity contribution >= 4 is 45.5 Å². The van der Waals surface area contributed by atoms with Crippen LogP contribution in [0.25, 0.3) is 0 Å². The third-order valence-corrected chi connectivity index (χ3v) is 6.94. The number of halogens is 1. The number of non-ortho nitro benzene ring substituents is 1. The van der Waals surface area contributed by atoms with E-state index in [0.717, 1.165) is 36.1 Å². The number of carbonyl (C=O) groups is 2. The van der Waals surface area contributed by atoms with Gasteiger partial charge in [0.2, 0.25) is 0 Å². The smallest absolute Gasteiger partial charge is 0.341 e. The second kappa shape index (κ2) is 10.9. The van der Waals surface area contributed by atoms with Crippen molar-refractivity contribution in [3.05, 3.63) is 73.0 Å². The normalized spacial score (nSPS) is 12.6. The van der Waals surface area contributed by atoms with E-state index in [-0.39, 0.29) is 28.8 Å². The van der Waals surface area contributed by atoms with Gasteiger partial charge in [0, 0.05) is 10.9 Å². The number of nitro benzene ring substituents is 1. The molecule has 0 saturated carbocycles. The fourth-order valence-electron chi connectivity index (χ4n) is 3.74. The zero-order valence-electron chi connectivity index (χ0n) is 18.9. The van der Waals surface area contributed by atoms with Gasteiger partial charge in [0.1, 0.15) is 23.1 Å². The van der Waals surface area contributed by atoms with Gasteiger partial charge in [0.05, 0.1) is 28.2 Å². The minimum Gasteiger partial charge on any atom is -0.484 e. The molecule has 184 valence electrons. The van der Waals surface area contributed by atoms with Crippen LogP contribution in [0, 0.1) is 10.1 Å². The number of aryl methyl sites for hydroxylation is 1. The summed E-state index contributed by atoms with van der Waals surface area (Å²) in [7, 11) is 0. The van der Waals surface area contributed by atoms with Gasteiger partial charge in [0.25, 0.3) is 11.6 Å².